The van der Waals surface area contributed by atoms with Crippen molar-refractivity contribution >= 4 is 41.8 Å². The van der Waals surface area contributed by atoms with Crippen molar-refractivity contribution in [1.82, 2.24) is 20.9 Å². The predicted octanol–water partition coefficient (Wildman–Crippen LogP) is 1.31. The lowest BCUT2D eigenvalue weighted by molar-refractivity contribution is -0.117. The van der Waals surface area contributed by atoms with Gasteiger partial charge in [0.25, 0.3) is 5.91 Å². The first-order chi connectivity index (χ1) is 14.0. The van der Waals surface area contributed by atoms with Gasteiger partial charge in [0.15, 0.2) is 5.96 Å². The summed E-state index contributed by atoms with van der Waals surface area (Å²) in [5.41, 5.74) is 6.55. The summed E-state index contributed by atoms with van der Waals surface area (Å²) in [7, 11) is 1.76. The van der Waals surface area contributed by atoms with Crippen molar-refractivity contribution in [3.63, 3.8) is 0 Å². The first-order valence-electron chi connectivity index (χ1n) is 10.3. The number of nitrogens with one attached hydrogen (secondary N) is 3. The summed E-state index contributed by atoms with van der Waals surface area (Å²) in [4.78, 5) is 29.4. The van der Waals surface area contributed by atoms with Crippen molar-refractivity contribution in [3.8, 4) is 0 Å². The summed E-state index contributed by atoms with van der Waals surface area (Å²) < 4.78 is 0. The Bertz CT molecular complexity index is 687. The molecular formula is C21H35IN6O2. The number of carbonyl (C=O) groups excluding carboxylic acids is 2. The van der Waals surface area contributed by atoms with Crippen LogP contribution in [0.5, 0.6) is 0 Å². The van der Waals surface area contributed by atoms with E-state index in [9.17, 15) is 9.59 Å². The van der Waals surface area contributed by atoms with Crippen molar-refractivity contribution in [2.45, 2.75) is 32.7 Å². The van der Waals surface area contributed by atoms with Crippen LogP contribution in [0.25, 0.3) is 0 Å². The molecule has 2 amide bonds. The van der Waals surface area contributed by atoms with Crippen LogP contribution < -0.4 is 21.7 Å². The van der Waals surface area contributed by atoms with Crippen LogP contribution >= 0.6 is 24.0 Å². The molecule has 0 atom stereocenters. The maximum absolute atomic E-state index is 11.9. The summed E-state index contributed by atoms with van der Waals surface area (Å²) in [6.07, 6.45) is 3.70. The van der Waals surface area contributed by atoms with Crippen LogP contribution in [0.1, 0.15) is 42.1 Å². The minimum atomic E-state index is -0.566. The Balaban J connectivity index is 0.00000450. The van der Waals surface area contributed by atoms with Gasteiger partial charge in [0.05, 0.1) is 6.54 Å². The van der Waals surface area contributed by atoms with Gasteiger partial charge in [-0.25, -0.2) is 0 Å². The highest BCUT2D eigenvalue weighted by Gasteiger charge is 2.14. The number of nitrogens with two attached hydrogens (primary N) is 1. The maximum atomic E-state index is 11.9. The first kappa shape index (κ1) is 26.2. The van der Waals surface area contributed by atoms with E-state index in [4.69, 9.17) is 5.73 Å². The van der Waals surface area contributed by atoms with Gasteiger partial charge in [0.1, 0.15) is 0 Å². The molecule has 30 heavy (non-hydrogen) atoms. The summed E-state index contributed by atoms with van der Waals surface area (Å²) in [5, 5.41) is 9.10. The van der Waals surface area contributed by atoms with Crippen LogP contribution in [-0.2, 0) is 11.3 Å². The van der Waals surface area contributed by atoms with Crippen molar-refractivity contribution in [2.75, 3.05) is 39.8 Å². The third kappa shape index (κ3) is 9.75. The number of primary amides is 1. The Hall–Kier alpha value is -1.88. The van der Waals surface area contributed by atoms with Gasteiger partial charge in [-0.1, -0.05) is 19.1 Å². The van der Waals surface area contributed by atoms with E-state index in [1.165, 1.54) is 25.9 Å². The van der Waals surface area contributed by atoms with Crippen molar-refractivity contribution in [2.24, 2.45) is 16.6 Å². The molecule has 0 spiro atoms. The molecule has 1 aromatic carbocycles. The van der Waals surface area contributed by atoms with E-state index in [0.717, 1.165) is 37.0 Å². The van der Waals surface area contributed by atoms with Crippen LogP contribution in [-0.4, -0.2) is 62.4 Å². The Labute approximate surface area is 196 Å². The fraction of sp³-hybridized carbons (Fsp3) is 0.571. The van der Waals surface area contributed by atoms with Crippen LogP contribution in [0.15, 0.2) is 29.3 Å². The number of hydrogen-bond acceptors (Lipinski definition) is 4. The molecule has 1 fully saturated rings. The van der Waals surface area contributed by atoms with Crippen LogP contribution in [0.4, 0.5) is 0 Å². The number of likely N-dealkylation sites (tertiary alicyclic amines) is 1. The van der Waals surface area contributed by atoms with Gasteiger partial charge < -0.3 is 26.6 Å². The second-order valence-electron chi connectivity index (χ2n) is 7.58. The molecule has 0 unspecified atom stereocenters. The standard InChI is InChI=1S/C21H34N6O2.HI/c1-16-8-12-27(13-9-16)11-3-10-24-21(23-2)26-14-17-4-6-18(7-5-17)20(29)25-15-19(22)28;/h4-7,16H,3,8-15H2,1-2H3,(H2,22,28)(H,25,29)(H2,23,24,26);1H. The van der Waals surface area contributed by atoms with Crippen molar-refractivity contribution in [1.29, 1.82) is 0 Å². The first-order valence-corrected chi connectivity index (χ1v) is 10.3. The zero-order valence-corrected chi connectivity index (χ0v) is 20.3. The highest BCUT2D eigenvalue weighted by atomic mass is 127. The summed E-state index contributed by atoms with van der Waals surface area (Å²) in [5.74, 6) is 0.749. The Morgan fingerprint density at radius 3 is 2.40 bits per heavy atom. The van der Waals surface area contributed by atoms with E-state index in [-0.39, 0.29) is 36.4 Å². The molecule has 0 saturated carbocycles. The van der Waals surface area contributed by atoms with Gasteiger partial charge in [0, 0.05) is 25.7 Å². The number of halogens is 1. The normalized spacial score (nSPS) is 15.2. The quantitative estimate of drug-likeness (QED) is 0.167. The van der Waals surface area contributed by atoms with E-state index < -0.39 is 5.91 Å². The molecule has 0 radical (unpaired) electrons. The van der Waals surface area contributed by atoms with E-state index in [2.05, 4.69) is 32.8 Å². The lowest BCUT2D eigenvalue weighted by Crippen LogP contribution is -2.39. The number of hydrogen-bond donors (Lipinski definition) is 4. The molecule has 1 aliphatic rings. The lowest BCUT2D eigenvalue weighted by Gasteiger charge is -2.30. The highest BCUT2D eigenvalue weighted by Crippen LogP contribution is 2.15. The lowest BCUT2D eigenvalue weighted by atomic mass is 9.99. The second kappa shape index (κ2) is 14.2. The minimum Gasteiger partial charge on any atom is -0.368 e. The monoisotopic (exact) mass is 530 g/mol. The number of aliphatic imine (C=N–C) groups is 1. The third-order valence-electron chi connectivity index (χ3n) is 5.14. The van der Waals surface area contributed by atoms with Gasteiger partial charge in [-0.15, -0.1) is 24.0 Å². The molecule has 1 aromatic rings. The molecule has 5 N–H and O–H groups in total. The molecule has 0 bridgehead atoms. The fourth-order valence-corrected chi connectivity index (χ4v) is 3.24. The molecular weight excluding hydrogens is 495 g/mol. The Kier molecular flexibility index (Phi) is 12.4. The number of amides is 2. The number of nitrogens with zero attached hydrogens (tertiary/aromatic N) is 2. The van der Waals surface area contributed by atoms with Crippen LogP contribution in [0.3, 0.4) is 0 Å². The van der Waals surface area contributed by atoms with E-state index >= 15 is 0 Å². The number of rotatable bonds is 9. The number of piperidine rings is 1. The van der Waals surface area contributed by atoms with Gasteiger partial charge in [0.2, 0.25) is 5.91 Å². The van der Waals surface area contributed by atoms with E-state index in [1.54, 1.807) is 19.2 Å². The smallest absolute Gasteiger partial charge is 0.251 e. The highest BCUT2D eigenvalue weighted by molar-refractivity contribution is 14.0. The average molecular weight is 530 g/mol. The maximum Gasteiger partial charge on any atom is 0.251 e. The topological polar surface area (TPSA) is 112 Å². The number of benzene rings is 1. The molecule has 0 aliphatic carbocycles. The third-order valence-corrected chi connectivity index (χ3v) is 5.14. The fourth-order valence-electron chi connectivity index (χ4n) is 3.24. The second-order valence-corrected chi connectivity index (χ2v) is 7.58. The average Bonchev–Trinajstić information content (AvgIpc) is 2.73. The summed E-state index contributed by atoms with van der Waals surface area (Å²) >= 11 is 0. The van der Waals surface area contributed by atoms with Gasteiger partial charge in [-0.3, -0.25) is 14.6 Å². The predicted molar refractivity (Wildman–Crippen MR) is 131 cm³/mol. The molecule has 9 heteroatoms. The molecule has 168 valence electrons. The zero-order valence-electron chi connectivity index (χ0n) is 17.9. The summed E-state index contributed by atoms with van der Waals surface area (Å²) in [6.45, 7) is 7.20. The zero-order chi connectivity index (χ0) is 21.1. The van der Waals surface area contributed by atoms with Crippen LogP contribution in [0, 0.1) is 5.92 Å². The van der Waals surface area contributed by atoms with Gasteiger partial charge in [-0.05, 0) is 62.5 Å². The minimum absolute atomic E-state index is 0. The van der Waals surface area contributed by atoms with Crippen molar-refractivity contribution in [3.05, 3.63) is 35.4 Å². The summed E-state index contributed by atoms with van der Waals surface area (Å²) in [6, 6.07) is 7.19. The molecule has 8 nitrogen and oxygen atoms in total. The largest absolute Gasteiger partial charge is 0.368 e. The van der Waals surface area contributed by atoms with Gasteiger partial charge >= 0.3 is 0 Å². The number of carbonyl (C=O) groups is 2. The Morgan fingerprint density at radius 1 is 1.13 bits per heavy atom. The Morgan fingerprint density at radius 2 is 1.80 bits per heavy atom. The molecule has 2 rings (SSSR count). The van der Waals surface area contributed by atoms with E-state index in [0.29, 0.717) is 12.1 Å². The number of guanidine groups is 1. The van der Waals surface area contributed by atoms with Crippen molar-refractivity contribution < 1.29 is 9.59 Å². The molecule has 1 saturated heterocycles. The SMILES string of the molecule is CN=C(NCCCN1CCC(C)CC1)NCc1ccc(C(=O)NCC(N)=O)cc1.I. The van der Waals surface area contributed by atoms with Gasteiger partial charge in [-0.2, -0.15) is 0 Å². The van der Waals surface area contributed by atoms with Crippen LogP contribution in [0.2, 0.25) is 0 Å². The molecule has 1 aliphatic heterocycles. The molecule has 0 aromatic heterocycles. The molecule has 1 heterocycles. The van der Waals surface area contributed by atoms with E-state index in [1.807, 2.05) is 12.1 Å².